The number of hydrogen-bond donors (Lipinski definition) is 1. The lowest BCUT2D eigenvalue weighted by molar-refractivity contribution is -0.132. The smallest absolute Gasteiger partial charge is 0.238 e. The van der Waals surface area contributed by atoms with Crippen molar-refractivity contribution in [1.82, 2.24) is 9.80 Å². The van der Waals surface area contributed by atoms with Gasteiger partial charge in [-0.05, 0) is 43.8 Å². The molecule has 8 heteroatoms. The number of amides is 2. The Morgan fingerprint density at radius 2 is 1.90 bits per heavy atom. The number of para-hydroxylation sites is 1. The van der Waals surface area contributed by atoms with Crippen molar-refractivity contribution in [2.75, 3.05) is 39.1 Å². The summed E-state index contributed by atoms with van der Waals surface area (Å²) in [4.78, 5) is 28.0. The fourth-order valence-electron chi connectivity index (χ4n) is 2.79. The monoisotopic (exact) mass is 421 g/mol. The van der Waals surface area contributed by atoms with Crippen LogP contribution in [0.25, 0.3) is 0 Å². The van der Waals surface area contributed by atoms with Gasteiger partial charge in [0.2, 0.25) is 11.8 Å². The van der Waals surface area contributed by atoms with Gasteiger partial charge in [0.15, 0.2) is 11.6 Å². The number of benzene rings is 2. The van der Waals surface area contributed by atoms with Crippen LogP contribution in [0.2, 0.25) is 5.02 Å². The molecule has 1 N–H and O–H groups in total. The highest BCUT2D eigenvalue weighted by molar-refractivity contribution is 6.33. The second-order valence-corrected chi connectivity index (χ2v) is 6.98. The van der Waals surface area contributed by atoms with Gasteiger partial charge in [0.1, 0.15) is 0 Å². The van der Waals surface area contributed by atoms with E-state index in [1.54, 1.807) is 47.2 Å². The average Bonchev–Trinajstić information content (AvgIpc) is 2.67. The molecule has 0 spiro atoms. The van der Waals surface area contributed by atoms with E-state index in [1.807, 2.05) is 6.92 Å². The summed E-state index contributed by atoms with van der Waals surface area (Å²) in [7, 11) is 3.09. The van der Waals surface area contributed by atoms with E-state index in [0.29, 0.717) is 22.8 Å². The van der Waals surface area contributed by atoms with Crippen molar-refractivity contribution in [1.29, 1.82) is 0 Å². The maximum atomic E-state index is 13.9. The summed E-state index contributed by atoms with van der Waals surface area (Å²) in [6.07, 6.45) is 0. The Labute approximate surface area is 175 Å². The topological polar surface area (TPSA) is 61.9 Å². The predicted octanol–water partition coefficient (Wildman–Crippen LogP) is 3.41. The van der Waals surface area contributed by atoms with Crippen LogP contribution in [-0.2, 0) is 16.1 Å². The number of likely N-dealkylation sites (N-methyl/N-ethyl adjacent to an activating group) is 2. The Morgan fingerprint density at radius 3 is 2.52 bits per heavy atom. The molecular weight excluding hydrogens is 397 g/mol. The Morgan fingerprint density at radius 1 is 1.17 bits per heavy atom. The van der Waals surface area contributed by atoms with Crippen molar-refractivity contribution in [3.05, 3.63) is 58.9 Å². The van der Waals surface area contributed by atoms with Gasteiger partial charge in [-0.15, -0.1) is 0 Å². The van der Waals surface area contributed by atoms with E-state index in [9.17, 15) is 14.0 Å². The maximum absolute atomic E-state index is 13.9. The summed E-state index contributed by atoms with van der Waals surface area (Å²) in [5.41, 5.74) is 1.19. The minimum atomic E-state index is -0.470. The summed E-state index contributed by atoms with van der Waals surface area (Å²) in [6.45, 7) is 2.68. The zero-order chi connectivity index (χ0) is 21.4. The molecular formula is C21H25ClFN3O3. The number of hydrogen-bond acceptors (Lipinski definition) is 4. The predicted molar refractivity (Wildman–Crippen MR) is 112 cm³/mol. The number of halogens is 2. The number of carbonyl (C=O) groups excluding carboxylic acids is 2. The van der Waals surface area contributed by atoms with Crippen LogP contribution in [0.1, 0.15) is 12.5 Å². The second-order valence-electron chi connectivity index (χ2n) is 6.58. The molecule has 0 fully saturated rings. The summed E-state index contributed by atoms with van der Waals surface area (Å²) < 4.78 is 18.8. The highest BCUT2D eigenvalue weighted by Gasteiger charge is 2.17. The molecule has 0 saturated heterocycles. The van der Waals surface area contributed by atoms with Gasteiger partial charge in [-0.1, -0.05) is 29.8 Å². The minimum Gasteiger partial charge on any atom is -0.494 e. The Hall–Kier alpha value is -2.64. The molecule has 0 aliphatic carbocycles. The lowest BCUT2D eigenvalue weighted by Gasteiger charge is -2.24. The number of methoxy groups -OCH3 is 1. The molecule has 0 saturated carbocycles. The van der Waals surface area contributed by atoms with Crippen LogP contribution in [-0.4, -0.2) is 55.4 Å². The zero-order valence-electron chi connectivity index (χ0n) is 16.7. The first kappa shape index (κ1) is 22.6. The van der Waals surface area contributed by atoms with Crippen LogP contribution < -0.4 is 10.1 Å². The highest BCUT2D eigenvalue weighted by atomic mass is 35.5. The van der Waals surface area contributed by atoms with E-state index < -0.39 is 5.82 Å². The molecule has 2 aromatic carbocycles. The quantitative estimate of drug-likeness (QED) is 0.674. The molecule has 2 aromatic rings. The zero-order valence-corrected chi connectivity index (χ0v) is 17.5. The van der Waals surface area contributed by atoms with Crippen molar-refractivity contribution >= 4 is 29.1 Å². The van der Waals surface area contributed by atoms with Crippen LogP contribution in [0.3, 0.4) is 0 Å². The molecule has 0 bridgehead atoms. The molecule has 0 aliphatic rings. The van der Waals surface area contributed by atoms with Gasteiger partial charge in [0.25, 0.3) is 0 Å². The van der Waals surface area contributed by atoms with Gasteiger partial charge in [0.05, 0.1) is 30.9 Å². The Kier molecular flexibility index (Phi) is 8.42. The first-order valence-corrected chi connectivity index (χ1v) is 9.55. The largest absolute Gasteiger partial charge is 0.494 e. The van der Waals surface area contributed by atoms with Crippen LogP contribution >= 0.6 is 11.6 Å². The number of rotatable bonds is 9. The summed E-state index contributed by atoms with van der Waals surface area (Å²) >= 11 is 6.03. The van der Waals surface area contributed by atoms with Gasteiger partial charge >= 0.3 is 0 Å². The van der Waals surface area contributed by atoms with Gasteiger partial charge in [0, 0.05) is 13.1 Å². The number of nitrogens with one attached hydrogen (secondary N) is 1. The van der Waals surface area contributed by atoms with E-state index in [4.69, 9.17) is 16.3 Å². The molecule has 6 nitrogen and oxygen atoms in total. The van der Waals surface area contributed by atoms with E-state index in [0.717, 1.165) is 0 Å². The molecule has 0 aliphatic heterocycles. The molecule has 0 unspecified atom stereocenters. The van der Waals surface area contributed by atoms with Crippen molar-refractivity contribution in [3.63, 3.8) is 0 Å². The maximum Gasteiger partial charge on any atom is 0.238 e. The highest BCUT2D eigenvalue weighted by Crippen LogP contribution is 2.20. The Balaban J connectivity index is 1.90. The minimum absolute atomic E-state index is 0.0334. The third-order valence-corrected chi connectivity index (χ3v) is 4.62. The normalized spacial score (nSPS) is 10.7. The Bertz CT molecular complexity index is 863. The van der Waals surface area contributed by atoms with Crippen LogP contribution in [0.4, 0.5) is 10.1 Å². The lowest BCUT2D eigenvalue weighted by Crippen LogP contribution is -2.41. The molecule has 0 atom stereocenters. The fraction of sp³-hybridized carbons (Fsp3) is 0.333. The van der Waals surface area contributed by atoms with Gasteiger partial charge in [-0.3, -0.25) is 14.5 Å². The number of ether oxygens (including phenoxy) is 1. The van der Waals surface area contributed by atoms with Crippen LogP contribution in [0.15, 0.2) is 42.5 Å². The third kappa shape index (κ3) is 6.73. The molecule has 2 rings (SSSR count). The number of anilines is 1. The molecule has 0 heterocycles. The van der Waals surface area contributed by atoms with Crippen molar-refractivity contribution in [3.8, 4) is 5.75 Å². The van der Waals surface area contributed by atoms with Crippen molar-refractivity contribution in [2.45, 2.75) is 13.5 Å². The van der Waals surface area contributed by atoms with Crippen molar-refractivity contribution in [2.24, 2.45) is 0 Å². The van der Waals surface area contributed by atoms with Gasteiger partial charge < -0.3 is 15.0 Å². The second kappa shape index (κ2) is 10.8. The van der Waals surface area contributed by atoms with Crippen LogP contribution in [0.5, 0.6) is 5.75 Å². The molecule has 0 aromatic heterocycles. The van der Waals surface area contributed by atoms with Gasteiger partial charge in [-0.2, -0.15) is 0 Å². The van der Waals surface area contributed by atoms with E-state index in [-0.39, 0.29) is 37.2 Å². The first-order valence-electron chi connectivity index (χ1n) is 9.17. The molecule has 29 heavy (non-hydrogen) atoms. The third-order valence-electron chi connectivity index (χ3n) is 4.29. The molecule has 2 amide bonds. The summed E-state index contributed by atoms with van der Waals surface area (Å²) in [6, 6.07) is 11.6. The lowest BCUT2D eigenvalue weighted by atomic mass is 10.2. The van der Waals surface area contributed by atoms with E-state index in [2.05, 4.69) is 5.32 Å². The summed E-state index contributed by atoms with van der Waals surface area (Å²) in [5, 5.41) is 3.17. The average molecular weight is 422 g/mol. The standard InChI is InChI=1S/C21H25ClFN3O3/c1-4-26(12-15-9-10-19(29-3)17(23)11-15)21(28)14-25(2)13-20(27)24-18-8-6-5-7-16(18)22/h5-11H,4,12-14H2,1-3H3,(H,24,27). The van der Waals surface area contributed by atoms with Crippen molar-refractivity contribution < 1.29 is 18.7 Å². The van der Waals surface area contributed by atoms with Crippen LogP contribution in [0, 0.1) is 5.82 Å². The first-order chi connectivity index (χ1) is 13.8. The number of carbonyl (C=O) groups is 2. The fourth-order valence-corrected chi connectivity index (χ4v) is 2.97. The van der Waals surface area contributed by atoms with Gasteiger partial charge in [-0.25, -0.2) is 4.39 Å². The van der Waals surface area contributed by atoms with E-state index >= 15 is 0 Å². The molecule has 0 radical (unpaired) electrons. The molecule has 156 valence electrons. The summed E-state index contributed by atoms with van der Waals surface area (Å²) in [5.74, 6) is -0.736. The number of nitrogens with zero attached hydrogens (tertiary/aromatic N) is 2. The SMILES string of the molecule is CCN(Cc1ccc(OC)c(F)c1)C(=O)CN(C)CC(=O)Nc1ccccc1Cl. The van der Waals surface area contributed by atoms with E-state index in [1.165, 1.54) is 19.2 Å².